The fraction of sp³-hybridized carbons (Fsp3) is 0.348. The zero-order chi connectivity index (χ0) is 22.7. The Bertz CT molecular complexity index is 1060. The van der Waals surface area contributed by atoms with Gasteiger partial charge in [0.2, 0.25) is 0 Å². The molecule has 1 fully saturated rings. The Morgan fingerprint density at radius 2 is 1.81 bits per heavy atom. The van der Waals surface area contributed by atoms with Gasteiger partial charge in [-0.3, -0.25) is 9.69 Å². The number of nitrogens with zero attached hydrogens (tertiary/aromatic N) is 2. The predicted molar refractivity (Wildman–Crippen MR) is 116 cm³/mol. The van der Waals surface area contributed by atoms with E-state index >= 15 is 0 Å². The fourth-order valence-electron chi connectivity index (χ4n) is 3.87. The first-order valence-electron chi connectivity index (χ1n) is 10.4. The SMILES string of the molecule is CN1CCN(CC(NC(=O)c2cc3ccc(OC(F)(F)F)cc3[nH]2)c2ccccc2)CC1. The summed E-state index contributed by atoms with van der Waals surface area (Å²) in [6.45, 7) is 4.46. The number of nitrogens with one attached hydrogen (secondary N) is 2. The van der Waals surface area contributed by atoms with Gasteiger partial charge in [0.15, 0.2) is 0 Å². The lowest BCUT2D eigenvalue weighted by atomic mass is 10.1. The number of benzene rings is 2. The minimum absolute atomic E-state index is 0.220. The molecule has 2 aromatic carbocycles. The zero-order valence-electron chi connectivity index (χ0n) is 17.7. The van der Waals surface area contributed by atoms with E-state index in [1.54, 1.807) is 6.07 Å². The standard InChI is InChI=1S/C23H25F3N4O2/c1-29-9-11-30(12-10-29)15-21(16-5-3-2-4-6-16)28-22(31)20-13-17-7-8-18(14-19(17)27-20)32-23(24,25)26/h2-8,13-14,21,27H,9-12,15H2,1H3,(H,28,31). The maximum Gasteiger partial charge on any atom is 0.573 e. The molecule has 1 aliphatic rings. The number of hydrogen-bond acceptors (Lipinski definition) is 4. The summed E-state index contributed by atoms with van der Waals surface area (Å²) in [5.41, 5.74) is 1.67. The summed E-state index contributed by atoms with van der Waals surface area (Å²) in [6, 6.07) is 15.1. The number of rotatable bonds is 6. The minimum Gasteiger partial charge on any atom is -0.406 e. The number of ether oxygens (including phenoxy) is 1. The summed E-state index contributed by atoms with van der Waals surface area (Å²) in [7, 11) is 2.09. The molecule has 1 aromatic heterocycles. The molecule has 1 atom stereocenters. The summed E-state index contributed by atoms with van der Waals surface area (Å²) in [6.07, 6.45) is -4.77. The summed E-state index contributed by atoms with van der Waals surface area (Å²) in [4.78, 5) is 20.5. The smallest absolute Gasteiger partial charge is 0.406 e. The van der Waals surface area contributed by atoms with Gasteiger partial charge in [0.1, 0.15) is 11.4 Å². The fourth-order valence-corrected chi connectivity index (χ4v) is 3.87. The number of piperazine rings is 1. The van der Waals surface area contributed by atoms with Gasteiger partial charge in [-0.1, -0.05) is 30.3 Å². The molecule has 3 aromatic rings. The van der Waals surface area contributed by atoms with Gasteiger partial charge in [0.25, 0.3) is 5.91 Å². The van der Waals surface area contributed by atoms with E-state index < -0.39 is 6.36 Å². The highest BCUT2D eigenvalue weighted by atomic mass is 19.4. The number of likely N-dealkylation sites (N-methyl/N-ethyl adjacent to an activating group) is 1. The van der Waals surface area contributed by atoms with Crippen molar-refractivity contribution in [2.75, 3.05) is 39.8 Å². The predicted octanol–water partition coefficient (Wildman–Crippen LogP) is 3.79. The van der Waals surface area contributed by atoms with Gasteiger partial charge < -0.3 is 19.9 Å². The number of carbonyl (C=O) groups excluding carboxylic acids is 1. The Balaban J connectivity index is 1.51. The molecule has 0 spiro atoms. The van der Waals surface area contributed by atoms with Gasteiger partial charge in [-0.25, -0.2) is 0 Å². The lowest BCUT2D eigenvalue weighted by Crippen LogP contribution is -2.47. The van der Waals surface area contributed by atoms with E-state index in [4.69, 9.17) is 0 Å². The quantitative estimate of drug-likeness (QED) is 0.605. The van der Waals surface area contributed by atoms with E-state index in [0.29, 0.717) is 17.4 Å². The van der Waals surface area contributed by atoms with Crippen molar-refractivity contribution >= 4 is 16.8 Å². The van der Waals surface area contributed by atoms with Crippen LogP contribution in [0.5, 0.6) is 5.75 Å². The minimum atomic E-state index is -4.77. The van der Waals surface area contributed by atoms with Crippen LogP contribution in [0.25, 0.3) is 10.9 Å². The molecule has 1 amide bonds. The summed E-state index contributed by atoms with van der Waals surface area (Å²) in [5, 5.41) is 3.71. The number of aromatic amines is 1. The largest absolute Gasteiger partial charge is 0.573 e. The lowest BCUT2D eigenvalue weighted by Gasteiger charge is -2.35. The van der Waals surface area contributed by atoms with Crippen molar-refractivity contribution in [2.24, 2.45) is 0 Å². The zero-order valence-corrected chi connectivity index (χ0v) is 17.7. The van der Waals surface area contributed by atoms with Gasteiger partial charge in [0, 0.05) is 49.7 Å². The average Bonchev–Trinajstić information content (AvgIpc) is 3.18. The summed E-state index contributed by atoms with van der Waals surface area (Å²) >= 11 is 0. The van der Waals surface area contributed by atoms with Gasteiger partial charge in [-0.15, -0.1) is 13.2 Å². The second-order valence-corrected chi connectivity index (χ2v) is 8.02. The van der Waals surface area contributed by atoms with Crippen LogP contribution in [0, 0.1) is 0 Å². The van der Waals surface area contributed by atoms with E-state index in [2.05, 4.69) is 31.9 Å². The number of carbonyl (C=O) groups is 1. The molecule has 0 radical (unpaired) electrons. The van der Waals surface area contributed by atoms with Crippen molar-refractivity contribution in [3.05, 3.63) is 65.9 Å². The van der Waals surface area contributed by atoms with Crippen LogP contribution < -0.4 is 10.1 Å². The van der Waals surface area contributed by atoms with Gasteiger partial charge in [-0.05, 0) is 30.8 Å². The van der Waals surface area contributed by atoms with Crippen LogP contribution in [-0.2, 0) is 0 Å². The van der Waals surface area contributed by atoms with E-state index in [0.717, 1.165) is 31.7 Å². The molecule has 0 saturated carbocycles. The molecule has 4 rings (SSSR count). The number of H-pyrrole nitrogens is 1. The number of alkyl halides is 3. The van der Waals surface area contributed by atoms with Crippen molar-refractivity contribution in [1.82, 2.24) is 20.1 Å². The third-order valence-electron chi connectivity index (χ3n) is 5.62. The van der Waals surface area contributed by atoms with Crippen molar-refractivity contribution in [2.45, 2.75) is 12.4 Å². The third-order valence-corrected chi connectivity index (χ3v) is 5.62. The van der Waals surface area contributed by atoms with Crippen LogP contribution in [0.1, 0.15) is 22.1 Å². The Labute approximate surface area is 183 Å². The molecule has 1 unspecified atom stereocenters. The maximum absolute atomic E-state index is 13.0. The molecule has 2 N–H and O–H groups in total. The topological polar surface area (TPSA) is 60.6 Å². The van der Waals surface area contributed by atoms with E-state index in [1.807, 2.05) is 30.3 Å². The molecule has 170 valence electrons. The van der Waals surface area contributed by atoms with Gasteiger partial charge in [-0.2, -0.15) is 0 Å². The summed E-state index contributed by atoms with van der Waals surface area (Å²) in [5.74, 6) is -0.654. The number of aromatic nitrogens is 1. The van der Waals surface area contributed by atoms with E-state index in [1.165, 1.54) is 18.2 Å². The highest BCUT2D eigenvalue weighted by Gasteiger charge is 2.31. The van der Waals surface area contributed by atoms with Crippen LogP contribution in [0.15, 0.2) is 54.6 Å². The molecule has 6 nitrogen and oxygen atoms in total. The third kappa shape index (κ3) is 5.60. The highest BCUT2D eigenvalue weighted by Crippen LogP contribution is 2.27. The van der Waals surface area contributed by atoms with Crippen LogP contribution in [0.2, 0.25) is 0 Å². The number of amides is 1. The van der Waals surface area contributed by atoms with Gasteiger partial charge in [0.05, 0.1) is 6.04 Å². The van der Waals surface area contributed by atoms with E-state index in [-0.39, 0.29) is 23.4 Å². The molecule has 2 heterocycles. The highest BCUT2D eigenvalue weighted by molar-refractivity contribution is 5.98. The summed E-state index contributed by atoms with van der Waals surface area (Å²) < 4.78 is 41.4. The van der Waals surface area contributed by atoms with Crippen LogP contribution in [0.3, 0.4) is 0 Å². The Morgan fingerprint density at radius 1 is 1.09 bits per heavy atom. The monoisotopic (exact) mass is 446 g/mol. The molecular formula is C23H25F3N4O2. The molecule has 32 heavy (non-hydrogen) atoms. The number of fused-ring (bicyclic) bond motifs is 1. The normalized spacial score (nSPS) is 16.8. The van der Waals surface area contributed by atoms with Gasteiger partial charge >= 0.3 is 6.36 Å². The Morgan fingerprint density at radius 3 is 2.50 bits per heavy atom. The first-order chi connectivity index (χ1) is 15.3. The Kier molecular flexibility index (Phi) is 6.38. The van der Waals surface area contributed by atoms with Crippen molar-refractivity contribution in [3.8, 4) is 5.75 Å². The second kappa shape index (κ2) is 9.22. The molecule has 1 aliphatic heterocycles. The van der Waals surface area contributed by atoms with E-state index in [9.17, 15) is 18.0 Å². The lowest BCUT2D eigenvalue weighted by molar-refractivity contribution is -0.274. The average molecular weight is 446 g/mol. The van der Waals surface area contributed by atoms with Crippen molar-refractivity contribution in [3.63, 3.8) is 0 Å². The molecule has 9 heteroatoms. The molecular weight excluding hydrogens is 421 g/mol. The maximum atomic E-state index is 13.0. The Hall–Kier alpha value is -3.04. The number of hydrogen-bond donors (Lipinski definition) is 2. The second-order valence-electron chi connectivity index (χ2n) is 8.02. The van der Waals surface area contributed by atoms with Crippen LogP contribution in [0.4, 0.5) is 13.2 Å². The van der Waals surface area contributed by atoms with Crippen molar-refractivity contribution in [1.29, 1.82) is 0 Å². The molecule has 1 saturated heterocycles. The first kappa shape index (κ1) is 22.2. The number of halogens is 3. The molecule has 0 bridgehead atoms. The molecule has 0 aliphatic carbocycles. The first-order valence-corrected chi connectivity index (χ1v) is 10.4. The van der Waals surface area contributed by atoms with Crippen LogP contribution >= 0.6 is 0 Å². The van der Waals surface area contributed by atoms with Crippen molar-refractivity contribution < 1.29 is 22.7 Å². The van der Waals surface area contributed by atoms with Crippen LogP contribution in [-0.4, -0.2) is 66.8 Å².